The number of carboxylic acids is 1. The van der Waals surface area contributed by atoms with E-state index in [1.165, 1.54) is 0 Å². The fourth-order valence-electron chi connectivity index (χ4n) is 1.91. The largest absolute Gasteiger partial charge is 0.480 e. The van der Waals surface area contributed by atoms with Gasteiger partial charge in [0.1, 0.15) is 13.2 Å². The highest BCUT2D eigenvalue weighted by molar-refractivity contribution is 5.77. The van der Waals surface area contributed by atoms with E-state index in [-0.39, 0.29) is 12.5 Å². The molecule has 1 aliphatic rings. The van der Waals surface area contributed by atoms with Crippen LogP contribution >= 0.6 is 0 Å². The Labute approximate surface area is 101 Å². The summed E-state index contributed by atoms with van der Waals surface area (Å²) >= 11 is 0. The molecule has 0 spiro atoms. The van der Waals surface area contributed by atoms with Crippen molar-refractivity contribution < 1.29 is 19.4 Å². The summed E-state index contributed by atoms with van der Waals surface area (Å²) in [6.07, 6.45) is 1.10. The number of hydrogen-bond donors (Lipinski definition) is 2. The second-order valence-corrected chi connectivity index (χ2v) is 4.24. The van der Waals surface area contributed by atoms with Gasteiger partial charge in [-0.3, -0.25) is 4.79 Å². The molecule has 1 rings (SSSR count). The van der Waals surface area contributed by atoms with E-state index in [9.17, 15) is 9.59 Å². The number of likely N-dealkylation sites (tertiary alicyclic amines) is 1. The minimum atomic E-state index is -1.06. The van der Waals surface area contributed by atoms with Crippen LogP contribution in [0.15, 0.2) is 0 Å². The molecule has 1 atom stereocenters. The number of nitrogens with zero attached hydrogens (tertiary/aromatic N) is 1. The minimum absolute atomic E-state index is 0.184. The van der Waals surface area contributed by atoms with E-state index in [4.69, 9.17) is 9.84 Å². The molecule has 1 unspecified atom stereocenters. The van der Waals surface area contributed by atoms with Crippen LogP contribution in [0.25, 0.3) is 0 Å². The second-order valence-electron chi connectivity index (χ2n) is 4.24. The van der Waals surface area contributed by atoms with Crippen molar-refractivity contribution in [1.29, 1.82) is 0 Å². The van der Waals surface area contributed by atoms with E-state index in [1.807, 2.05) is 0 Å². The van der Waals surface area contributed by atoms with Crippen molar-refractivity contribution in [1.82, 2.24) is 10.2 Å². The molecular formula is C11H20N2O4. The molecule has 1 heterocycles. The van der Waals surface area contributed by atoms with Crippen LogP contribution in [0.4, 0.5) is 0 Å². The first-order valence-corrected chi connectivity index (χ1v) is 5.90. The number of ether oxygens (including phenoxy) is 1. The van der Waals surface area contributed by atoms with E-state index in [1.54, 1.807) is 0 Å². The van der Waals surface area contributed by atoms with Gasteiger partial charge < -0.3 is 20.1 Å². The summed E-state index contributed by atoms with van der Waals surface area (Å²) in [4.78, 5) is 23.8. The smallest absolute Gasteiger partial charge is 0.329 e. The molecule has 0 aromatic carbocycles. The third-order valence-electron chi connectivity index (χ3n) is 2.86. The molecule has 1 fully saturated rings. The summed E-state index contributed by atoms with van der Waals surface area (Å²) in [6, 6.07) is 0. The van der Waals surface area contributed by atoms with E-state index in [2.05, 4.69) is 17.1 Å². The van der Waals surface area contributed by atoms with Crippen molar-refractivity contribution in [3.8, 4) is 0 Å². The molecule has 98 valence electrons. The molecule has 17 heavy (non-hydrogen) atoms. The summed E-state index contributed by atoms with van der Waals surface area (Å²) in [7, 11) is 0. The molecule has 0 saturated carbocycles. The zero-order valence-corrected chi connectivity index (χ0v) is 10.1. The summed E-state index contributed by atoms with van der Waals surface area (Å²) < 4.78 is 4.69. The predicted octanol–water partition coefficient (Wildman–Crippen LogP) is -0.454. The number of amides is 1. The van der Waals surface area contributed by atoms with Crippen molar-refractivity contribution >= 4 is 11.9 Å². The van der Waals surface area contributed by atoms with Gasteiger partial charge in [0.25, 0.3) is 0 Å². The van der Waals surface area contributed by atoms with Crippen molar-refractivity contribution in [3.05, 3.63) is 0 Å². The normalized spacial score (nSPS) is 20.4. The van der Waals surface area contributed by atoms with Gasteiger partial charge >= 0.3 is 5.97 Å². The van der Waals surface area contributed by atoms with Crippen LogP contribution in [0, 0.1) is 5.92 Å². The lowest BCUT2D eigenvalue weighted by Gasteiger charge is -2.13. The maximum absolute atomic E-state index is 11.3. The van der Waals surface area contributed by atoms with Crippen LogP contribution in [0.5, 0.6) is 0 Å². The van der Waals surface area contributed by atoms with E-state index in [0.717, 1.165) is 26.1 Å². The first-order valence-electron chi connectivity index (χ1n) is 5.90. The molecule has 2 N–H and O–H groups in total. The first-order chi connectivity index (χ1) is 8.11. The topological polar surface area (TPSA) is 78.9 Å². The molecule has 0 aromatic heterocycles. The van der Waals surface area contributed by atoms with Gasteiger partial charge in [-0.05, 0) is 25.4 Å². The Balaban J connectivity index is 2.06. The monoisotopic (exact) mass is 244 g/mol. The van der Waals surface area contributed by atoms with Crippen LogP contribution in [-0.2, 0) is 14.3 Å². The average molecular weight is 244 g/mol. The van der Waals surface area contributed by atoms with Gasteiger partial charge in [-0.15, -0.1) is 0 Å². The molecule has 1 saturated heterocycles. The van der Waals surface area contributed by atoms with Crippen molar-refractivity contribution in [2.75, 3.05) is 39.4 Å². The van der Waals surface area contributed by atoms with Crippen LogP contribution in [-0.4, -0.2) is 61.3 Å². The summed E-state index contributed by atoms with van der Waals surface area (Å²) in [6.45, 7) is 5.31. The summed E-state index contributed by atoms with van der Waals surface area (Å²) in [5.74, 6) is -0.813. The third kappa shape index (κ3) is 5.65. The molecule has 0 bridgehead atoms. The molecule has 6 nitrogen and oxygen atoms in total. The Hall–Kier alpha value is -1.14. The minimum Gasteiger partial charge on any atom is -0.480 e. The first kappa shape index (κ1) is 13.9. The molecule has 0 radical (unpaired) electrons. The van der Waals surface area contributed by atoms with Crippen LogP contribution in [0.2, 0.25) is 0 Å². The zero-order chi connectivity index (χ0) is 12.7. The van der Waals surface area contributed by atoms with E-state index >= 15 is 0 Å². The van der Waals surface area contributed by atoms with Gasteiger partial charge in [0.05, 0.1) is 0 Å². The molecule has 6 heteroatoms. The molecule has 0 aliphatic carbocycles. The molecule has 1 amide bonds. The summed E-state index contributed by atoms with van der Waals surface area (Å²) in [5.41, 5.74) is 0. The standard InChI is InChI=1S/C11H20N2O4/c1-2-13-4-3-9(6-13)5-12-10(14)7-17-8-11(15)16/h9H,2-8H2,1H3,(H,12,14)(H,15,16). The van der Waals surface area contributed by atoms with Gasteiger partial charge in [0.2, 0.25) is 5.91 Å². The lowest BCUT2D eigenvalue weighted by molar-refractivity contribution is -0.143. The molecular weight excluding hydrogens is 224 g/mol. The number of carbonyl (C=O) groups excluding carboxylic acids is 1. The zero-order valence-electron chi connectivity index (χ0n) is 10.1. The summed E-state index contributed by atoms with van der Waals surface area (Å²) in [5, 5.41) is 11.1. The number of hydrogen-bond acceptors (Lipinski definition) is 4. The Kier molecular flexibility index (Phi) is 5.93. The van der Waals surface area contributed by atoms with Crippen molar-refractivity contribution in [3.63, 3.8) is 0 Å². The van der Waals surface area contributed by atoms with E-state index < -0.39 is 12.6 Å². The fraction of sp³-hybridized carbons (Fsp3) is 0.818. The quantitative estimate of drug-likeness (QED) is 0.634. The van der Waals surface area contributed by atoms with Gasteiger partial charge in [0.15, 0.2) is 0 Å². The SMILES string of the molecule is CCN1CCC(CNC(=O)COCC(=O)O)C1. The Morgan fingerprint density at radius 3 is 2.82 bits per heavy atom. The number of carboxylic acid groups (broad SMARTS) is 1. The lowest BCUT2D eigenvalue weighted by Crippen LogP contribution is -2.33. The molecule has 1 aliphatic heterocycles. The third-order valence-corrected chi connectivity index (χ3v) is 2.86. The Morgan fingerprint density at radius 2 is 2.24 bits per heavy atom. The van der Waals surface area contributed by atoms with Crippen LogP contribution < -0.4 is 5.32 Å². The van der Waals surface area contributed by atoms with Crippen molar-refractivity contribution in [2.45, 2.75) is 13.3 Å². The number of carbonyl (C=O) groups is 2. The highest BCUT2D eigenvalue weighted by Gasteiger charge is 2.21. The van der Waals surface area contributed by atoms with E-state index in [0.29, 0.717) is 12.5 Å². The van der Waals surface area contributed by atoms with Crippen LogP contribution in [0.1, 0.15) is 13.3 Å². The van der Waals surface area contributed by atoms with Crippen LogP contribution in [0.3, 0.4) is 0 Å². The van der Waals surface area contributed by atoms with Crippen molar-refractivity contribution in [2.24, 2.45) is 5.92 Å². The highest BCUT2D eigenvalue weighted by atomic mass is 16.5. The number of rotatable bonds is 7. The molecule has 0 aromatic rings. The Bertz CT molecular complexity index is 270. The highest BCUT2D eigenvalue weighted by Crippen LogP contribution is 2.14. The lowest BCUT2D eigenvalue weighted by atomic mass is 10.1. The Morgan fingerprint density at radius 1 is 1.47 bits per heavy atom. The van der Waals surface area contributed by atoms with Gasteiger partial charge in [-0.25, -0.2) is 4.79 Å². The predicted molar refractivity (Wildman–Crippen MR) is 61.7 cm³/mol. The number of nitrogens with one attached hydrogen (secondary N) is 1. The maximum Gasteiger partial charge on any atom is 0.329 e. The van der Waals surface area contributed by atoms with Gasteiger partial charge in [-0.2, -0.15) is 0 Å². The average Bonchev–Trinajstić information content (AvgIpc) is 2.73. The van der Waals surface area contributed by atoms with Gasteiger partial charge in [-0.1, -0.05) is 6.92 Å². The second kappa shape index (κ2) is 7.24. The maximum atomic E-state index is 11.3. The fourth-order valence-corrected chi connectivity index (χ4v) is 1.91. The van der Waals surface area contributed by atoms with Gasteiger partial charge in [0, 0.05) is 13.1 Å². The number of aliphatic carboxylic acids is 1.